The Kier molecular flexibility index (Phi) is 5.63. The van der Waals surface area contributed by atoms with Crippen molar-refractivity contribution in [3.8, 4) is 5.69 Å². The van der Waals surface area contributed by atoms with E-state index in [0.717, 1.165) is 17.1 Å². The van der Waals surface area contributed by atoms with E-state index >= 15 is 0 Å². The Morgan fingerprint density at radius 3 is 2.50 bits per heavy atom. The van der Waals surface area contributed by atoms with Gasteiger partial charge in [0, 0.05) is 6.54 Å². The van der Waals surface area contributed by atoms with Gasteiger partial charge in [0.05, 0.1) is 39.7 Å². The third-order valence-corrected chi connectivity index (χ3v) is 6.21. The molecule has 1 aliphatic rings. The van der Waals surface area contributed by atoms with Gasteiger partial charge in [-0.2, -0.15) is 10.2 Å². The molecule has 0 spiro atoms. The van der Waals surface area contributed by atoms with Gasteiger partial charge in [0.2, 0.25) is 0 Å². The van der Waals surface area contributed by atoms with E-state index in [9.17, 15) is 14.3 Å². The summed E-state index contributed by atoms with van der Waals surface area (Å²) in [6.45, 7) is 9.57. The lowest BCUT2D eigenvalue weighted by Gasteiger charge is -2.23. The molecule has 1 aromatic carbocycles. The van der Waals surface area contributed by atoms with Crippen molar-refractivity contribution >= 4 is 23.2 Å². The lowest BCUT2D eigenvalue weighted by molar-refractivity contribution is -0.120. The van der Waals surface area contributed by atoms with Crippen molar-refractivity contribution in [2.75, 3.05) is 11.4 Å². The number of benzene rings is 1. The first-order chi connectivity index (χ1) is 15.0. The number of carbonyl (C=O) groups excluding carboxylic acids is 1. The number of halogens is 2. The van der Waals surface area contributed by atoms with Gasteiger partial charge in [-0.15, -0.1) is 0 Å². The molecule has 3 heterocycles. The van der Waals surface area contributed by atoms with E-state index in [-0.39, 0.29) is 17.6 Å². The summed E-state index contributed by atoms with van der Waals surface area (Å²) in [6.07, 6.45) is 2.20. The summed E-state index contributed by atoms with van der Waals surface area (Å²) in [4.78, 5) is 15.2. The minimum atomic E-state index is -1.25. The van der Waals surface area contributed by atoms with Crippen molar-refractivity contribution in [1.82, 2.24) is 19.6 Å². The van der Waals surface area contributed by atoms with Crippen molar-refractivity contribution < 1.29 is 14.3 Å². The minimum absolute atomic E-state index is 0.0673. The maximum absolute atomic E-state index is 13.5. The molecule has 32 heavy (non-hydrogen) atoms. The Morgan fingerprint density at radius 2 is 1.91 bits per heavy atom. The number of aromatic nitrogens is 4. The van der Waals surface area contributed by atoms with Crippen LogP contribution in [0.2, 0.25) is 5.02 Å². The van der Waals surface area contributed by atoms with Crippen LogP contribution in [-0.2, 0) is 10.4 Å². The van der Waals surface area contributed by atoms with E-state index in [0.29, 0.717) is 29.4 Å². The van der Waals surface area contributed by atoms with Gasteiger partial charge in [0.15, 0.2) is 0 Å². The van der Waals surface area contributed by atoms with Gasteiger partial charge in [0.25, 0.3) is 5.91 Å². The highest BCUT2D eigenvalue weighted by atomic mass is 35.5. The fourth-order valence-electron chi connectivity index (χ4n) is 4.32. The van der Waals surface area contributed by atoms with E-state index in [2.05, 4.69) is 10.2 Å². The van der Waals surface area contributed by atoms with Gasteiger partial charge in [-0.3, -0.25) is 9.48 Å². The fraction of sp³-hybridized carbons (Fsp3) is 0.435. The van der Waals surface area contributed by atoms with Gasteiger partial charge in [0.1, 0.15) is 17.5 Å². The predicted octanol–water partition coefficient (Wildman–Crippen LogP) is 4.50. The summed E-state index contributed by atoms with van der Waals surface area (Å²) in [5.74, 6) is -0.381. The number of amides is 1. The lowest BCUT2D eigenvalue weighted by Crippen LogP contribution is -2.32. The summed E-state index contributed by atoms with van der Waals surface area (Å²) in [5, 5.41) is 20.0. The number of aliphatic hydroxyl groups is 1. The van der Waals surface area contributed by atoms with Crippen LogP contribution < -0.4 is 4.90 Å². The summed E-state index contributed by atoms with van der Waals surface area (Å²) in [5.41, 5.74) is 2.07. The zero-order chi connectivity index (χ0) is 23.4. The Morgan fingerprint density at radius 1 is 1.25 bits per heavy atom. The molecule has 3 aromatic rings. The van der Waals surface area contributed by atoms with E-state index in [1.165, 1.54) is 12.1 Å². The largest absolute Gasteiger partial charge is 0.384 e. The third-order valence-electron chi connectivity index (χ3n) is 5.76. The topological polar surface area (TPSA) is 76.2 Å². The molecule has 9 heteroatoms. The maximum atomic E-state index is 13.5. The lowest BCUT2D eigenvalue weighted by atomic mass is 10.0. The minimum Gasteiger partial charge on any atom is -0.384 e. The molecule has 0 radical (unpaired) electrons. The number of anilines is 1. The van der Waals surface area contributed by atoms with Crippen LogP contribution in [0.4, 0.5) is 10.1 Å². The summed E-state index contributed by atoms with van der Waals surface area (Å²) in [7, 11) is 0. The molecular formula is C23H27ClFN5O2. The second-order valence-corrected chi connectivity index (χ2v) is 9.38. The van der Waals surface area contributed by atoms with E-state index in [1.807, 2.05) is 13.8 Å². The zero-order valence-corrected chi connectivity index (χ0v) is 19.6. The van der Waals surface area contributed by atoms with E-state index in [4.69, 9.17) is 11.6 Å². The van der Waals surface area contributed by atoms with Crippen LogP contribution >= 0.6 is 11.6 Å². The number of hydrogen-bond donors (Lipinski definition) is 1. The van der Waals surface area contributed by atoms with Crippen molar-refractivity contribution in [3.63, 3.8) is 0 Å². The van der Waals surface area contributed by atoms with Crippen LogP contribution in [0.3, 0.4) is 0 Å². The molecule has 0 saturated carbocycles. The number of aryl methyl sites for hydroxylation is 1. The SMILES string of the molecule is Cc1nn(C2CCN(c3cnn(-c4ccc(F)cc4)c3C(C)C)C2=O)c(C(C)(C)O)c1Cl. The van der Waals surface area contributed by atoms with Crippen LogP contribution in [0, 0.1) is 12.7 Å². The number of nitrogens with zero attached hydrogens (tertiary/aromatic N) is 5. The first-order valence-electron chi connectivity index (χ1n) is 10.6. The summed E-state index contributed by atoms with van der Waals surface area (Å²) >= 11 is 6.42. The van der Waals surface area contributed by atoms with E-state index < -0.39 is 11.6 Å². The highest BCUT2D eigenvalue weighted by molar-refractivity contribution is 6.32. The monoisotopic (exact) mass is 459 g/mol. The molecule has 7 nitrogen and oxygen atoms in total. The maximum Gasteiger partial charge on any atom is 0.252 e. The average molecular weight is 460 g/mol. The number of carbonyl (C=O) groups is 1. The van der Waals surface area contributed by atoms with Gasteiger partial charge in [-0.1, -0.05) is 25.4 Å². The quantitative estimate of drug-likeness (QED) is 0.609. The smallest absolute Gasteiger partial charge is 0.252 e. The Balaban J connectivity index is 1.73. The first-order valence-corrected chi connectivity index (χ1v) is 11.0. The van der Waals surface area contributed by atoms with Gasteiger partial charge >= 0.3 is 0 Å². The molecule has 1 atom stereocenters. The molecule has 0 bridgehead atoms. The standard InChI is InChI=1S/C23H27ClFN5O2/c1-13(2)20-18(12-26-29(20)16-8-6-15(25)7-9-16)28-11-10-17(22(28)31)30-21(23(4,5)32)19(24)14(3)27-30/h6-9,12-13,17,32H,10-11H2,1-5H3. The molecule has 170 valence electrons. The third kappa shape index (κ3) is 3.71. The van der Waals surface area contributed by atoms with Crippen LogP contribution in [0.25, 0.3) is 5.69 Å². The van der Waals surface area contributed by atoms with Crippen molar-refractivity contribution in [2.45, 2.75) is 58.6 Å². The van der Waals surface area contributed by atoms with Crippen molar-refractivity contribution in [2.24, 2.45) is 0 Å². The molecule has 1 fully saturated rings. The molecule has 4 rings (SSSR count). The molecule has 1 amide bonds. The van der Waals surface area contributed by atoms with Crippen LogP contribution in [0.5, 0.6) is 0 Å². The number of hydrogen-bond acceptors (Lipinski definition) is 4. The van der Waals surface area contributed by atoms with Crippen LogP contribution in [0.15, 0.2) is 30.5 Å². The highest BCUT2D eigenvalue weighted by Gasteiger charge is 2.40. The summed E-state index contributed by atoms with van der Waals surface area (Å²) in [6, 6.07) is 5.53. The van der Waals surface area contributed by atoms with Gasteiger partial charge in [-0.05, 0) is 57.4 Å². The zero-order valence-electron chi connectivity index (χ0n) is 18.8. The molecule has 2 aromatic heterocycles. The second-order valence-electron chi connectivity index (χ2n) is 9.00. The van der Waals surface area contributed by atoms with Gasteiger partial charge in [-0.25, -0.2) is 9.07 Å². The first kappa shape index (κ1) is 22.5. The molecular weight excluding hydrogens is 433 g/mol. The normalized spacial score (nSPS) is 17.1. The van der Waals surface area contributed by atoms with E-state index in [1.54, 1.807) is 53.4 Å². The molecule has 1 saturated heterocycles. The molecule has 1 unspecified atom stereocenters. The van der Waals surface area contributed by atoms with Crippen molar-refractivity contribution in [1.29, 1.82) is 0 Å². The number of rotatable bonds is 5. The fourth-order valence-corrected chi connectivity index (χ4v) is 4.67. The Labute approximate surface area is 191 Å². The molecule has 0 aliphatic carbocycles. The molecule has 1 aliphatic heterocycles. The second kappa shape index (κ2) is 8.01. The summed E-state index contributed by atoms with van der Waals surface area (Å²) < 4.78 is 16.7. The predicted molar refractivity (Wildman–Crippen MR) is 121 cm³/mol. The average Bonchev–Trinajstić information content (AvgIpc) is 3.37. The van der Waals surface area contributed by atoms with Gasteiger partial charge < -0.3 is 10.0 Å². The molecule has 1 N–H and O–H groups in total. The van der Waals surface area contributed by atoms with Crippen LogP contribution in [0.1, 0.15) is 63.2 Å². The van der Waals surface area contributed by atoms with Crippen molar-refractivity contribution in [3.05, 3.63) is 58.4 Å². The van der Waals surface area contributed by atoms with Crippen LogP contribution in [-0.4, -0.2) is 37.1 Å². The highest BCUT2D eigenvalue weighted by Crippen LogP contribution is 2.38. The Bertz CT molecular complexity index is 1160. The Hall–Kier alpha value is -2.71.